The highest BCUT2D eigenvalue weighted by atomic mass is 19.1. The summed E-state index contributed by atoms with van der Waals surface area (Å²) in [4.78, 5) is 17.3. The highest BCUT2D eigenvalue weighted by molar-refractivity contribution is 5.91. The fourth-order valence-electron chi connectivity index (χ4n) is 5.94. The molecule has 2 N–H and O–H groups in total. The summed E-state index contributed by atoms with van der Waals surface area (Å²) in [6, 6.07) is 10.2. The summed E-state index contributed by atoms with van der Waals surface area (Å²) < 4.78 is 28.4. The van der Waals surface area contributed by atoms with Crippen LogP contribution in [0, 0.1) is 11.3 Å². The summed E-state index contributed by atoms with van der Waals surface area (Å²) >= 11 is 0. The number of piperazine rings is 1. The molecule has 4 heterocycles. The Balaban J connectivity index is 0.00000173. The van der Waals surface area contributed by atoms with Gasteiger partial charge in [-0.05, 0) is 62.7 Å². The SMILES string of the molecule is CC1(c2cc3c(-c4ccc(OC5CCNCC5)c(C#N)c4)ncnc3[nH]2)C=CC(N2CCN(CCF)CC2)=CC1.CF. The van der Waals surface area contributed by atoms with E-state index in [1.807, 2.05) is 18.2 Å². The topological polar surface area (TPSA) is 93.1 Å². The van der Waals surface area contributed by atoms with Crippen molar-refractivity contribution in [2.24, 2.45) is 0 Å². The predicted octanol–water partition coefficient (Wildman–Crippen LogP) is 4.90. The molecule has 0 radical (unpaired) electrons. The van der Waals surface area contributed by atoms with Crippen LogP contribution in [0.4, 0.5) is 8.78 Å². The van der Waals surface area contributed by atoms with Crippen LogP contribution in [0.5, 0.6) is 5.75 Å². The Hall–Kier alpha value is -3.81. The molecule has 8 nitrogen and oxygen atoms in total. The lowest BCUT2D eigenvalue weighted by Gasteiger charge is -2.38. The lowest BCUT2D eigenvalue weighted by molar-refractivity contribution is 0.152. The molecule has 10 heteroatoms. The fraction of sp³-hybridized carbons (Fsp3) is 0.469. The molecule has 3 aliphatic rings. The van der Waals surface area contributed by atoms with Crippen LogP contribution in [0.25, 0.3) is 22.3 Å². The lowest BCUT2D eigenvalue weighted by atomic mass is 9.80. The molecular formula is C32H39F2N7O. The number of hydrogen-bond acceptors (Lipinski definition) is 7. The Morgan fingerprint density at radius 3 is 2.60 bits per heavy atom. The van der Waals surface area contributed by atoms with Gasteiger partial charge in [-0.1, -0.05) is 19.1 Å². The number of ether oxygens (including phenoxy) is 1. The van der Waals surface area contributed by atoms with Crippen molar-refractivity contribution >= 4 is 11.0 Å². The van der Waals surface area contributed by atoms with E-state index in [0.29, 0.717) is 25.0 Å². The minimum Gasteiger partial charge on any atom is -0.489 e. The zero-order chi connectivity index (χ0) is 29.5. The number of allylic oxidation sites excluding steroid dienone is 3. The Kier molecular flexibility index (Phi) is 9.50. The molecule has 1 unspecified atom stereocenters. The first-order valence-corrected chi connectivity index (χ1v) is 14.6. The predicted molar refractivity (Wildman–Crippen MR) is 161 cm³/mol. The largest absolute Gasteiger partial charge is 0.489 e. The number of benzene rings is 1. The van der Waals surface area contributed by atoms with Gasteiger partial charge in [0.1, 0.15) is 36.6 Å². The number of nitrogens with one attached hydrogen (secondary N) is 2. The highest BCUT2D eigenvalue weighted by Crippen LogP contribution is 2.38. The molecule has 2 aromatic heterocycles. The molecule has 2 aliphatic heterocycles. The van der Waals surface area contributed by atoms with Gasteiger partial charge in [0.2, 0.25) is 0 Å². The third-order valence-electron chi connectivity index (χ3n) is 8.49. The van der Waals surface area contributed by atoms with E-state index in [2.05, 4.69) is 67.4 Å². The molecule has 42 heavy (non-hydrogen) atoms. The summed E-state index contributed by atoms with van der Waals surface area (Å²) in [5.74, 6) is 0.629. The number of fused-ring (bicyclic) bond motifs is 1. The van der Waals surface area contributed by atoms with Crippen molar-refractivity contribution < 1.29 is 13.5 Å². The van der Waals surface area contributed by atoms with Crippen LogP contribution in [0.2, 0.25) is 0 Å². The van der Waals surface area contributed by atoms with E-state index in [0.717, 1.165) is 86.5 Å². The molecule has 0 amide bonds. The first-order chi connectivity index (χ1) is 20.6. The van der Waals surface area contributed by atoms with E-state index < -0.39 is 0 Å². The molecule has 1 aromatic carbocycles. The molecule has 1 aliphatic carbocycles. The van der Waals surface area contributed by atoms with Gasteiger partial charge in [-0.3, -0.25) is 9.29 Å². The van der Waals surface area contributed by atoms with Gasteiger partial charge in [-0.15, -0.1) is 0 Å². The first kappa shape index (κ1) is 29.7. The Morgan fingerprint density at radius 2 is 1.90 bits per heavy atom. The second-order valence-electron chi connectivity index (χ2n) is 11.2. The van der Waals surface area contributed by atoms with Crippen molar-refractivity contribution in [3.05, 3.63) is 65.8 Å². The fourth-order valence-corrected chi connectivity index (χ4v) is 5.94. The van der Waals surface area contributed by atoms with Gasteiger partial charge in [-0.25, -0.2) is 14.4 Å². The van der Waals surface area contributed by atoms with Gasteiger partial charge in [0, 0.05) is 60.5 Å². The molecule has 0 spiro atoms. The number of hydrogen-bond donors (Lipinski definition) is 2. The Morgan fingerprint density at radius 1 is 1.12 bits per heavy atom. The van der Waals surface area contributed by atoms with Crippen molar-refractivity contribution in [3.8, 4) is 23.1 Å². The number of rotatable bonds is 7. The van der Waals surface area contributed by atoms with Gasteiger partial charge in [0.05, 0.1) is 18.4 Å². The van der Waals surface area contributed by atoms with Crippen LogP contribution in [0.1, 0.15) is 37.4 Å². The number of aromatic amines is 1. The maximum atomic E-state index is 12.7. The zero-order valence-corrected chi connectivity index (χ0v) is 24.4. The molecule has 2 saturated heterocycles. The van der Waals surface area contributed by atoms with Gasteiger partial charge in [0.25, 0.3) is 0 Å². The molecule has 1 atom stereocenters. The van der Waals surface area contributed by atoms with Crippen LogP contribution < -0.4 is 10.1 Å². The summed E-state index contributed by atoms with van der Waals surface area (Å²) in [5, 5.41) is 14.2. The molecule has 3 aromatic rings. The summed E-state index contributed by atoms with van der Waals surface area (Å²) in [7, 11) is 0.500. The van der Waals surface area contributed by atoms with E-state index in [4.69, 9.17) is 4.74 Å². The first-order valence-electron chi connectivity index (χ1n) is 14.6. The molecule has 2 fully saturated rings. The maximum Gasteiger partial charge on any atom is 0.141 e. The Labute approximate surface area is 246 Å². The van der Waals surface area contributed by atoms with Crippen molar-refractivity contribution in [1.82, 2.24) is 30.1 Å². The number of H-pyrrole nitrogens is 1. The number of halogens is 2. The molecular weight excluding hydrogens is 536 g/mol. The maximum absolute atomic E-state index is 12.7. The number of nitriles is 1. The van der Waals surface area contributed by atoms with Crippen LogP contribution >= 0.6 is 0 Å². The zero-order valence-electron chi connectivity index (χ0n) is 24.4. The van der Waals surface area contributed by atoms with Crippen molar-refractivity contribution in [1.29, 1.82) is 5.26 Å². The third-order valence-corrected chi connectivity index (χ3v) is 8.49. The molecule has 6 rings (SSSR count). The molecule has 0 saturated carbocycles. The van der Waals surface area contributed by atoms with E-state index in [1.54, 1.807) is 6.33 Å². The Bertz CT molecular complexity index is 1470. The van der Waals surface area contributed by atoms with Gasteiger partial charge < -0.3 is 19.9 Å². The highest BCUT2D eigenvalue weighted by Gasteiger charge is 2.29. The number of alkyl halides is 2. The van der Waals surface area contributed by atoms with Crippen LogP contribution in [0.3, 0.4) is 0 Å². The number of nitrogens with zero attached hydrogens (tertiary/aromatic N) is 5. The van der Waals surface area contributed by atoms with Crippen LogP contribution in [0.15, 0.2) is 54.5 Å². The quantitative estimate of drug-likeness (QED) is 0.414. The van der Waals surface area contributed by atoms with Crippen LogP contribution in [-0.4, -0.2) is 90.5 Å². The minimum absolute atomic E-state index is 0.127. The normalized spacial score (nSPS) is 21.4. The van der Waals surface area contributed by atoms with Crippen molar-refractivity contribution in [2.75, 3.05) is 59.7 Å². The standard InChI is InChI=1S/C31H36FN7O.CH3F/c1-31(8-4-24(5-9-31)39-16-14-38(13-10-32)15-17-39)28-19-26-29(35-21-36-30(26)37-28)22-2-3-27(23(18-22)20-33)40-25-6-11-34-12-7-25;1-2/h2-5,8,18-19,21,25,34H,6-7,9-17H2,1H3,(H,35,36,37);1H3. The van der Waals surface area contributed by atoms with E-state index in [1.165, 1.54) is 5.70 Å². The summed E-state index contributed by atoms with van der Waals surface area (Å²) in [6.07, 6.45) is 11.2. The van der Waals surface area contributed by atoms with E-state index in [9.17, 15) is 14.0 Å². The van der Waals surface area contributed by atoms with Crippen molar-refractivity contribution in [2.45, 2.75) is 37.7 Å². The monoisotopic (exact) mass is 575 g/mol. The van der Waals surface area contributed by atoms with Crippen LogP contribution in [-0.2, 0) is 5.41 Å². The second kappa shape index (κ2) is 13.4. The number of piperidine rings is 1. The molecule has 222 valence electrons. The summed E-state index contributed by atoms with van der Waals surface area (Å²) in [5.41, 5.74) is 5.07. The smallest absolute Gasteiger partial charge is 0.141 e. The van der Waals surface area contributed by atoms with E-state index >= 15 is 0 Å². The van der Waals surface area contributed by atoms with Gasteiger partial charge >= 0.3 is 0 Å². The molecule has 0 bridgehead atoms. The summed E-state index contributed by atoms with van der Waals surface area (Å²) in [6.45, 7) is 7.98. The second-order valence-corrected chi connectivity index (χ2v) is 11.2. The van der Waals surface area contributed by atoms with Gasteiger partial charge in [-0.2, -0.15) is 5.26 Å². The average Bonchev–Trinajstić information content (AvgIpc) is 3.50. The van der Waals surface area contributed by atoms with Gasteiger partial charge in [0.15, 0.2) is 0 Å². The third kappa shape index (κ3) is 6.32. The van der Waals surface area contributed by atoms with E-state index in [-0.39, 0.29) is 18.2 Å². The lowest BCUT2D eigenvalue weighted by Crippen LogP contribution is -2.46. The average molecular weight is 576 g/mol. The van der Waals surface area contributed by atoms with Crippen molar-refractivity contribution in [3.63, 3.8) is 0 Å². The number of aromatic nitrogens is 3. The minimum atomic E-state index is -0.282.